The first-order valence-electron chi connectivity index (χ1n) is 16.0. The molecule has 0 unspecified atom stereocenters. The van der Waals surface area contributed by atoms with E-state index in [0.29, 0.717) is 6.04 Å². The number of thiophene rings is 1. The van der Waals surface area contributed by atoms with Crippen LogP contribution in [0.15, 0.2) is 134 Å². The molecular formula is C42H34GeIrN2S-2. The van der Waals surface area contributed by atoms with Crippen LogP contribution in [-0.4, -0.2) is 23.2 Å². The van der Waals surface area contributed by atoms with Gasteiger partial charge in [-0.15, -0.1) is 23.8 Å². The third kappa shape index (κ3) is 7.02. The van der Waals surface area contributed by atoms with Gasteiger partial charge < -0.3 is 4.98 Å². The number of nitrogens with zero attached hydrogens (tertiary/aromatic N) is 2. The molecule has 0 fully saturated rings. The first-order chi connectivity index (χ1) is 22.8. The number of rotatable bonds is 4. The Bertz CT molecular complexity index is 2370. The second kappa shape index (κ2) is 14.1. The summed E-state index contributed by atoms with van der Waals surface area (Å²) in [4.78, 5) is 9.31. The van der Waals surface area contributed by atoms with Gasteiger partial charge in [-0.2, -0.15) is 11.3 Å². The largest absolute Gasteiger partial charge is 0.304 e. The third-order valence-corrected chi connectivity index (χ3v) is 13.9. The monoisotopic (exact) mass is 866 g/mol. The van der Waals surface area contributed by atoms with E-state index in [9.17, 15) is 0 Å². The van der Waals surface area contributed by atoms with Gasteiger partial charge in [-0.25, -0.2) is 0 Å². The normalized spacial score (nSPS) is 11.5. The third-order valence-electron chi connectivity index (χ3n) is 8.23. The Morgan fingerprint density at radius 2 is 1.43 bits per heavy atom. The van der Waals surface area contributed by atoms with E-state index in [1.807, 2.05) is 60.8 Å². The van der Waals surface area contributed by atoms with Gasteiger partial charge in [0.25, 0.3) is 0 Å². The zero-order valence-corrected chi connectivity index (χ0v) is 32.1. The molecule has 47 heavy (non-hydrogen) atoms. The van der Waals surface area contributed by atoms with Crippen LogP contribution >= 0.6 is 11.3 Å². The van der Waals surface area contributed by atoms with E-state index in [1.165, 1.54) is 15.3 Å². The number of aryl methyl sites for hydroxylation is 1. The van der Waals surface area contributed by atoms with Crippen LogP contribution in [0.4, 0.5) is 0 Å². The minimum Gasteiger partial charge on any atom is -0.304 e. The molecule has 3 aromatic heterocycles. The van der Waals surface area contributed by atoms with Crippen LogP contribution < -0.4 is 4.40 Å². The molecule has 233 valence electrons. The van der Waals surface area contributed by atoms with Crippen molar-refractivity contribution in [2.45, 2.75) is 24.2 Å². The Kier molecular flexibility index (Phi) is 9.46. The van der Waals surface area contributed by atoms with Crippen molar-refractivity contribution in [3.63, 3.8) is 0 Å². The summed E-state index contributed by atoms with van der Waals surface area (Å²) in [5.74, 6) is 7.20. The number of benzene rings is 5. The van der Waals surface area contributed by atoms with Crippen molar-refractivity contribution in [2.24, 2.45) is 0 Å². The molecule has 3 heterocycles. The summed E-state index contributed by atoms with van der Waals surface area (Å²) >= 11 is -0.107. The number of aromatic nitrogens is 2. The van der Waals surface area contributed by atoms with E-state index < -0.39 is 13.3 Å². The maximum Gasteiger partial charge on any atom is 0.0644 e. The fourth-order valence-corrected chi connectivity index (χ4v) is 10.7. The predicted octanol–water partition coefficient (Wildman–Crippen LogP) is 11.1. The second-order valence-corrected chi connectivity index (χ2v) is 24.1. The molecule has 8 aromatic rings. The van der Waals surface area contributed by atoms with E-state index in [2.05, 4.69) is 108 Å². The summed E-state index contributed by atoms with van der Waals surface area (Å²) < 4.78 is 12.5. The summed E-state index contributed by atoms with van der Waals surface area (Å²) in [5.41, 5.74) is 7.43. The van der Waals surface area contributed by atoms with Crippen molar-refractivity contribution in [2.75, 3.05) is 0 Å². The molecule has 0 aliphatic carbocycles. The summed E-state index contributed by atoms with van der Waals surface area (Å²) in [5, 5.41) is 4.58. The SMILES string of the molecule is Cc1cc(-c2[c-]cccc2)nc[c]1[Ge]([CH3])([CH3])[CH3].[2H]c1c(-c2ccccc2)ccc2c1sc1c(-c3cc4ccccc4cn3)[c-]ccc12.[Ir]. The predicted molar refractivity (Wildman–Crippen MR) is 201 cm³/mol. The van der Waals surface area contributed by atoms with Crippen molar-refractivity contribution >= 4 is 59.9 Å². The van der Waals surface area contributed by atoms with Crippen LogP contribution in [0.3, 0.4) is 0 Å². The maximum absolute atomic E-state index is 8.88. The zero-order chi connectivity index (χ0) is 32.5. The molecular weight excluding hydrogens is 829 g/mol. The molecule has 5 heteroatoms. The van der Waals surface area contributed by atoms with Gasteiger partial charge in [-0.1, -0.05) is 78.2 Å². The Hall–Kier alpha value is -3.93. The molecule has 0 atom stereocenters. The van der Waals surface area contributed by atoms with Gasteiger partial charge in [0, 0.05) is 31.0 Å². The van der Waals surface area contributed by atoms with E-state index in [4.69, 9.17) is 6.35 Å². The van der Waals surface area contributed by atoms with Gasteiger partial charge in [0.05, 0.1) is 1.37 Å². The van der Waals surface area contributed by atoms with Crippen LogP contribution in [0.2, 0.25) is 17.3 Å². The molecule has 0 spiro atoms. The number of hydrogen-bond acceptors (Lipinski definition) is 3. The van der Waals surface area contributed by atoms with Gasteiger partial charge in [-0.05, 0) is 43.7 Å². The van der Waals surface area contributed by atoms with Gasteiger partial charge in [0.15, 0.2) is 0 Å². The fourth-order valence-electron chi connectivity index (χ4n) is 5.91. The first-order valence-corrected chi connectivity index (χ1v) is 23.7. The van der Waals surface area contributed by atoms with Crippen molar-refractivity contribution < 1.29 is 21.5 Å². The summed E-state index contributed by atoms with van der Waals surface area (Å²) in [7, 11) is 0. The molecule has 0 saturated carbocycles. The van der Waals surface area contributed by atoms with Crippen molar-refractivity contribution in [3.8, 4) is 33.6 Å². The molecule has 0 N–H and O–H groups in total. The number of fused-ring (bicyclic) bond motifs is 4. The van der Waals surface area contributed by atoms with E-state index >= 15 is 0 Å². The molecule has 0 aliphatic heterocycles. The smallest absolute Gasteiger partial charge is 0.0644 e. The number of hydrogen-bond donors (Lipinski definition) is 0. The first kappa shape index (κ1) is 31.7. The Morgan fingerprint density at radius 1 is 0.681 bits per heavy atom. The van der Waals surface area contributed by atoms with Crippen LogP contribution in [-0.2, 0) is 20.1 Å². The Balaban J connectivity index is 0.000000191. The van der Waals surface area contributed by atoms with Gasteiger partial charge >= 0.3 is 106 Å². The minimum atomic E-state index is -1.77. The summed E-state index contributed by atoms with van der Waals surface area (Å²) in [6, 6.07) is 46.2. The molecule has 0 aliphatic rings. The average molecular weight is 865 g/mol. The molecule has 2 nitrogen and oxygen atoms in total. The Labute approximate surface area is 298 Å². The van der Waals surface area contributed by atoms with E-state index in [-0.39, 0.29) is 20.1 Å². The molecule has 5 aromatic carbocycles. The topological polar surface area (TPSA) is 25.8 Å². The zero-order valence-electron chi connectivity index (χ0n) is 27.8. The van der Waals surface area contributed by atoms with Crippen LogP contribution in [0.1, 0.15) is 6.93 Å². The molecule has 8 rings (SSSR count). The Morgan fingerprint density at radius 3 is 2.17 bits per heavy atom. The molecule has 0 bridgehead atoms. The summed E-state index contributed by atoms with van der Waals surface area (Å²) in [6.07, 6.45) is 4.00. The quantitative estimate of drug-likeness (QED) is 0.130. The van der Waals surface area contributed by atoms with Crippen molar-refractivity contribution in [3.05, 3.63) is 151 Å². The molecule has 0 saturated heterocycles. The average Bonchev–Trinajstić information content (AvgIpc) is 3.49. The van der Waals surface area contributed by atoms with Crippen molar-refractivity contribution in [1.82, 2.24) is 9.97 Å². The molecule has 1 radical (unpaired) electrons. The minimum absolute atomic E-state index is 0. The van der Waals surface area contributed by atoms with Crippen LogP contribution in [0, 0.1) is 19.1 Å². The van der Waals surface area contributed by atoms with E-state index in [0.717, 1.165) is 59.2 Å². The van der Waals surface area contributed by atoms with Gasteiger partial charge in [-0.3, -0.25) is 0 Å². The standard InChI is InChI=1S/C27H16NS.C15H18GeN.Ir/c1-2-7-18(8-3-1)20-13-14-22-23-11-6-12-24(27(23)29-26(22)16-20)25-15-19-9-4-5-10-21(19)17-28-25;1-12-10-15(13-8-6-5-7-9-13)17-11-14(12)16(2,3)4;/h1-11,13-17H;5-8,10-11H,1-4H3;/q2*-1;/i16D;;. The maximum atomic E-state index is 8.88. The van der Waals surface area contributed by atoms with Crippen LogP contribution in [0.5, 0.6) is 0 Å². The summed E-state index contributed by atoms with van der Waals surface area (Å²) in [6.45, 7) is 2.19. The van der Waals surface area contributed by atoms with Crippen molar-refractivity contribution in [1.29, 1.82) is 0 Å². The number of pyridine rings is 2. The van der Waals surface area contributed by atoms with Gasteiger partial charge in [0.1, 0.15) is 0 Å². The molecule has 0 amide bonds. The fraction of sp³-hybridized carbons (Fsp3) is 0.0952. The van der Waals surface area contributed by atoms with E-state index in [1.54, 1.807) is 11.3 Å². The van der Waals surface area contributed by atoms with Gasteiger partial charge in [0.2, 0.25) is 0 Å². The van der Waals surface area contributed by atoms with Crippen LogP contribution in [0.25, 0.3) is 64.6 Å². The second-order valence-electron chi connectivity index (χ2n) is 12.5.